The molecule has 0 saturated heterocycles. The lowest BCUT2D eigenvalue weighted by Crippen LogP contribution is -2.31. The number of carboxylic acids is 1. The van der Waals surface area contributed by atoms with Gasteiger partial charge in [0.2, 0.25) is 5.91 Å². The summed E-state index contributed by atoms with van der Waals surface area (Å²) in [5.74, 6) is -0.289. The monoisotopic (exact) mass is 267 g/mol. The summed E-state index contributed by atoms with van der Waals surface area (Å²) in [5, 5.41) is 11.9. The Kier molecular flexibility index (Phi) is 5.23. The molecule has 2 rings (SSSR count). The molecule has 0 aromatic carbocycles. The Morgan fingerprint density at radius 3 is 2.32 bits per heavy atom. The van der Waals surface area contributed by atoms with Crippen molar-refractivity contribution in [1.29, 1.82) is 0 Å². The lowest BCUT2D eigenvalue weighted by Gasteiger charge is -2.21. The van der Waals surface area contributed by atoms with Gasteiger partial charge in [-0.3, -0.25) is 9.59 Å². The average molecular weight is 267 g/mol. The van der Waals surface area contributed by atoms with E-state index in [0.29, 0.717) is 12.8 Å². The summed E-state index contributed by atoms with van der Waals surface area (Å²) in [6.07, 6.45) is 9.62. The zero-order chi connectivity index (χ0) is 13.7. The Labute approximate surface area is 115 Å². The van der Waals surface area contributed by atoms with Gasteiger partial charge in [-0.05, 0) is 31.6 Å². The lowest BCUT2D eigenvalue weighted by atomic mass is 9.87. The molecule has 0 heterocycles. The summed E-state index contributed by atoms with van der Waals surface area (Å²) >= 11 is 0. The fourth-order valence-corrected chi connectivity index (χ4v) is 3.46. The molecule has 1 amide bonds. The van der Waals surface area contributed by atoms with Crippen molar-refractivity contribution in [3.8, 4) is 0 Å². The highest BCUT2D eigenvalue weighted by Crippen LogP contribution is 2.31. The normalized spacial score (nSPS) is 28.2. The van der Waals surface area contributed by atoms with Crippen molar-refractivity contribution in [3.63, 3.8) is 0 Å². The predicted molar refractivity (Wildman–Crippen MR) is 72.7 cm³/mol. The molecule has 0 radical (unpaired) electrons. The topological polar surface area (TPSA) is 66.4 Å². The molecule has 2 aliphatic carbocycles. The molecule has 19 heavy (non-hydrogen) atoms. The first-order chi connectivity index (χ1) is 9.16. The number of aliphatic carboxylic acids is 1. The Bertz CT molecular complexity index is 323. The molecule has 2 N–H and O–H groups in total. The van der Waals surface area contributed by atoms with E-state index < -0.39 is 5.97 Å². The molecule has 2 aliphatic rings. The van der Waals surface area contributed by atoms with Crippen molar-refractivity contribution >= 4 is 11.9 Å². The van der Waals surface area contributed by atoms with Crippen LogP contribution in [0.1, 0.15) is 57.8 Å². The molecular weight excluding hydrogens is 242 g/mol. The maximum absolute atomic E-state index is 12.0. The fraction of sp³-hybridized carbons (Fsp3) is 0.867. The average Bonchev–Trinajstić information content (AvgIpc) is 2.89. The van der Waals surface area contributed by atoms with Crippen molar-refractivity contribution in [3.05, 3.63) is 0 Å². The minimum absolute atomic E-state index is 0.0690. The van der Waals surface area contributed by atoms with Crippen LogP contribution in [0.25, 0.3) is 0 Å². The van der Waals surface area contributed by atoms with Crippen LogP contribution in [0, 0.1) is 17.8 Å². The standard InChI is InChI=1S/C15H25NO3/c17-14(12-6-7-13(10-12)15(18)19)16-9-8-11-4-2-1-3-5-11/h11-13H,1-10H2,(H,16,17)(H,18,19). The first-order valence-corrected chi connectivity index (χ1v) is 7.67. The molecule has 0 bridgehead atoms. The molecule has 0 spiro atoms. The van der Waals surface area contributed by atoms with E-state index in [9.17, 15) is 9.59 Å². The van der Waals surface area contributed by atoms with Gasteiger partial charge in [-0.1, -0.05) is 32.1 Å². The van der Waals surface area contributed by atoms with Crippen molar-refractivity contribution < 1.29 is 14.7 Å². The second-order valence-corrected chi connectivity index (χ2v) is 6.13. The highest BCUT2D eigenvalue weighted by molar-refractivity contribution is 5.80. The Morgan fingerprint density at radius 2 is 1.68 bits per heavy atom. The maximum Gasteiger partial charge on any atom is 0.306 e. The van der Waals surface area contributed by atoms with Crippen molar-refractivity contribution in [2.24, 2.45) is 17.8 Å². The van der Waals surface area contributed by atoms with Gasteiger partial charge in [-0.25, -0.2) is 0 Å². The summed E-state index contributed by atoms with van der Waals surface area (Å²) in [6.45, 7) is 0.762. The summed E-state index contributed by atoms with van der Waals surface area (Å²) in [4.78, 5) is 22.8. The Balaban J connectivity index is 1.63. The van der Waals surface area contributed by atoms with Gasteiger partial charge in [0.05, 0.1) is 5.92 Å². The van der Waals surface area contributed by atoms with Gasteiger partial charge in [0.1, 0.15) is 0 Å². The molecule has 2 unspecified atom stereocenters. The first kappa shape index (κ1) is 14.4. The summed E-state index contributed by atoms with van der Waals surface area (Å²) < 4.78 is 0. The van der Waals surface area contributed by atoms with Crippen LogP contribution in [0.15, 0.2) is 0 Å². The van der Waals surface area contributed by atoms with Crippen LogP contribution in [-0.4, -0.2) is 23.5 Å². The van der Waals surface area contributed by atoms with Crippen molar-refractivity contribution in [1.82, 2.24) is 5.32 Å². The minimum Gasteiger partial charge on any atom is -0.481 e. The van der Waals surface area contributed by atoms with E-state index in [2.05, 4.69) is 5.32 Å². The number of carboxylic acid groups (broad SMARTS) is 1. The number of hydrogen-bond acceptors (Lipinski definition) is 2. The van der Waals surface area contributed by atoms with Gasteiger partial charge in [-0.2, -0.15) is 0 Å². The molecule has 2 fully saturated rings. The zero-order valence-corrected chi connectivity index (χ0v) is 11.6. The van der Waals surface area contributed by atoms with Gasteiger partial charge >= 0.3 is 5.97 Å². The number of carbonyl (C=O) groups is 2. The van der Waals surface area contributed by atoms with E-state index in [1.807, 2.05) is 0 Å². The fourth-order valence-electron chi connectivity index (χ4n) is 3.46. The molecule has 0 aliphatic heterocycles. The SMILES string of the molecule is O=C(O)C1CCC(C(=O)NCCC2CCCCC2)C1. The third-order valence-corrected chi connectivity index (χ3v) is 4.73. The van der Waals surface area contributed by atoms with Crippen LogP contribution < -0.4 is 5.32 Å². The van der Waals surface area contributed by atoms with Gasteiger partial charge < -0.3 is 10.4 Å². The lowest BCUT2D eigenvalue weighted by molar-refractivity contribution is -0.141. The first-order valence-electron chi connectivity index (χ1n) is 7.67. The van der Waals surface area contributed by atoms with Gasteiger partial charge in [0.15, 0.2) is 0 Å². The van der Waals surface area contributed by atoms with Crippen LogP contribution in [0.4, 0.5) is 0 Å². The summed E-state index contributed by atoms with van der Waals surface area (Å²) in [5.41, 5.74) is 0. The number of nitrogens with one attached hydrogen (secondary N) is 1. The van der Waals surface area contributed by atoms with E-state index >= 15 is 0 Å². The quantitative estimate of drug-likeness (QED) is 0.804. The second-order valence-electron chi connectivity index (χ2n) is 6.13. The number of hydrogen-bond donors (Lipinski definition) is 2. The van der Waals surface area contributed by atoms with Crippen LogP contribution >= 0.6 is 0 Å². The Hall–Kier alpha value is -1.06. The molecule has 4 heteroatoms. The molecule has 0 aromatic rings. The number of carbonyl (C=O) groups excluding carboxylic acids is 1. The largest absolute Gasteiger partial charge is 0.481 e. The number of amides is 1. The van der Waals surface area contributed by atoms with E-state index in [1.54, 1.807) is 0 Å². The smallest absolute Gasteiger partial charge is 0.306 e. The van der Waals surface area contributed by atoms with E-state index in [0.717, 1.165) is 25.3 Å². The second kappa shape index (κ2) is 6.92. The van der Waals surface area contributed by atoms with Crippen molar-refractivity contribution in [2.45, 2.75) is 57.8 Å². The van der Waals surface area contributed by atoms with Crippen LogP contribution in [0.5, 0.6) is 0 Å². The van der Waals surface area contributed by atoms with Crippen molar-refractivity contribution in [2.75, 3.05) is 6.54 Å². The molecular formula is C15H25NO3. The maximum atomic E-state index is 12.0. The molecule has 2 saturated carbocycles. The van der Waals surface area contributed by atoms with Gasteiger partial charge in [0, 0.05) is 12.5 Å². The van der Waals surface area contributed by atoms with Gasteiger partial charge in [-0.15, -0.1) is 0 Å². The van der Waals surface area contributed by atoms with E-state index in [1.165, 1.54) is 32.1 Å². The third kappa shape index (κ3) is 4.22. The summed E-state index contributed by atoms with van der Waals surface area (Å²) in [7, 11) is 0. The molecule has 0 aromatic heterocycles. The number of rotatable bonds is 5. The van der Waals surface area contributed by atoms with E-state index in [4.69, 9.17) is 5.11 Å². The van der Waals surface area contributed by atoms with E-state index in [-0.39, 0.29) is 17.7 Å². The Morgan fingerprint density at radius 1 is 1.00 bits per heavy atom. The summed E-state index contributed by atoms with van der Waals surface area (Å²) in [6, 6.07) is 0. The molecule has 4 nitrogen and oxygen atoms in total. The minimum atomic E-state index is -0.752. The highest BCUT2D eigenvalue weighted by atomic mass is 16.4. The van der Waals surface area contributed by atoms with Crippen LogP contribution in [0.2, 0.25) is 0 Å². The van der Waals surface area contributed by atoms with Gasteiger partial charge in [0.25, 0.3) is 0 Å². The highest BCUT2D eigenvalue weighted by Gasteiger charge is 2.33. The van der Waals surface area contributed by atoms with Crippen LogP contribution in [0.3, 0.4) is 0 Å². The zero-order valence-electron chi connectivity index (χ0n) is 11.6. The molecule has 108 valence electrons. The predicted octanol–water partition coefficient (Wildman–Crippen LogP) is 2.57. The van der Waals surface area contributed by atoms with Crippen LogP contribution in [-0.2, 0) is 9.59 Å². The third-order valence-electron chi connectivity index (χ3n) is 4.73. The molecule has 2 atom stereocenters.